The Labute approximate surface area is 172 Å². The fourth-order valence-corrected chi connectivity index (χ4v) is 3.30. The summed E-state index contributed by atoms with van der Waals surface area (Å²) >= 11 is 12.3. The molecule has 0 saturated heterocycles. The molecule has 0 spiro atoms. The van der Waals surface area contributed by atoms with Crippen molar-refractivity contribution in [1.29, 1.82) is 0 Å². The number of rotatable bonds is 6. The Bertz CT molecular complexity index is 1070. The number of nitrogens with zero attached hydrogens (tertiary/aromatic N) is 1. The van der Waals surface area contributed by atoms with Crippen molar-refractivity contribution in [2.24, 2.45) is 0 Å². The molecule has 0 unspecified atom stereocenters. The molecule has 146 valence electrons. The van der Waals surface area contributed by atoms with Crippen LogP contribution in [0.2, 0.25) is 10.0 Å². The molecular weight excluding hydrogens is 401 g/mol. The number of carbonyl (C=O) groups is 1. The van der Waals surface area contributed by atoms with E-state index in [-0.39, 0.29) is 29.4 Å². The number of hydrogen-bond acceptors (Lipinski definition) is 4. The standard InChI is InChI=1S/C21H19Cl2NO4/c1-3-24(4-2)18(25)12-27-21-19(26)15-11-13(22)9-10-17(15)28-20(21)14-7-5-6-8-16(14)23/h5-11H,3-4,12H2,1-2H3. The minimum absolute atomic E-state index is 0.0663. The molecule has 0 aliphatic rings. The first-order valence-corrected chi connectivity index (χ1v) is 9.63. The Morgan fingerprint density at radius 3 is 2.50 bits per heavy atom. The van der Waals surface area contributed by atoms with Gasteiger partial charge in [-0.2, -0.15) is 0 Å². The van der Waals surface area contributed by atoms with Crippen molar-refractivity contribution in [1.82, 2.24) is 4.90 Å². The molecule has 0 radical (unpaired) electrons. The third-order valence-corrected chi connectivity index (χ3v) is 4.95. The van der Waals surface area contributed by atoms with Crippen LogP contribution in [0.15, 0.2) is 51.7 Å². The summed E-state index contributed by atoms with van der Waals surface area (Å²) < 4.78 is 11.6. The Morgan fingerprint density at radius 1 is 1.11 bits per heavy atom. The number of amides is 1. The van der Waals surface area contributed by atoms with Gasteiger partial charge in [-0.1, -0.05) is 35.3 Å². The van der Waals surface area contributed by atoms with Gasteiger partial charge in [0.05, 0.1) is 10.4 Å². The van der Waals surface area contributed by atoms with Crippen LogP contribution >= 0.6 is 23.2 Å². The van der Waals surface area contributed by atoms with Crippen LogP contribution in [0.3, 0.4) is 0 Å². The third-order valence-electron chi connectivity index (χ3n) is 4.39. The van der Waals surface area contributed by atoms with Gasteiger partial charge in [-0.25, -0.2) is 0 Å². The molecule has 0 saturated carbocycles. The lowest BCUT2D eigenvalue weighted by Gasteiger charge is -2.19. The lowest BCUT2D eigenvalue weighted by atomic mass is 10.1. The third kappa shape index (κ3) is 4.01. The highest BCUT2D eigenvalue weighted by molar-refractivity contribution is 6.33. The number of likely N-dealkylation sites (N-methyl/N-ethyl adjacent to an activating group) is 1. The molecule has 1 amide bonds. The van der Waals surface area contributed by atoms with Crippen LogP contribution in [-0.4, -0.2) is 30.5 Å². The summed E-state index contributed by atoms with van der Waals surface area (Å²) in [5.74, 6) is -0.109. The lowest BCUT2D eigenvalue weighted by molar-refractivity contribution is -0.132. The van der Waals surface area contributed by atoms with E-state index in [9.17, 15) is 9.59 Å². The first-order chi connectivity index (χ1) is 13.5. The molecule has 0 atom stereocenters. The maximum atomic E-state index is 13.1. The number of halogens is 2. The molecule has 0 aliphatic carbocycles. The summed E-state index contributed by atoms with van der Waals surface area (Å²) in [5.41, 5.74) is 0.446. The van der Waals surface area contributed by atoms with Gasteiger partial charge in [0.2, 0.25) is 11.2 Å². The smallest absolute Gasteiger partial charge is 0.260 e. The van der Waals surface area contributed by atoms with Crippen molar-refractivity contribution in [2.75, 3.05) is 19.7 Å². The summed E-state index contributed by atoms with van der Waals surface area (Å²) in [6.45, 7) is 4.58. The summed E-state index contributed by atoms with van der Waals surface area (Å²) in [4.78, 5) is 27.1. The van der Waals surface area contributed by atoms with E-state index in [0.717, 1.165) is 0 Å². The van der Waals surface area contributed by atoms with Gasteiger partial charge in [0.25, 0.3) is 5.91 Å². The fourth-order valence-electron chi connectivity index (χ4n) is 2.91. The molecule has 0 aliphatic heterocycles. The largest absolute Gasteiger partial charge is 0.476 e. The van der Waals surface area contributed by atoms with E-state index < -0.39 is 5.43 Å². The Kier molecular flexibility index (Phi) is 6.27. The topological polar surface area (TPSA) is 59.8 Å². The zero-order chi connectivity index (χ0) is 20.3. The van der Waals surface area contributed by atoms with Gasteiger partial charge >= 0.3 is 0 Å². The van der Waals surface area contributed by atoms with Crippen molar-refractivity contribution in [3.8, 4) is 17.1 Å². The van der Waals surface area contributed by atoms with Crippen LogP contribution in [0.4, 0.5) is 0 Å². The average molecular weight is 420 g/mol. The second-order valence-corrected chi connectivity index (χ2v) is 6.91. The molecule has 28 heavy (non-hydrogen) atoms. The summed E-state index contributed by atoms with van der Waals surface area (Å²) in [5, 5.41) is 1.07. The number of ether oxygens (including phenoxy) is 1. The minimum atomic E-state index is -0.411. The first-order valence-electron chi connectivity index (χ1n) is 8.88. The number of hydrogen-bond donors (Lipinski definition) is 0. The number of carbonyl (C=O) groups excluding carboxylic acids is 1. The van der Waals surface area contributed by atoms with E-state index in [4.69, 9.17) is 32.4 Å². The lowest BCUT2D eigenvalue weighted by Crippen LogP contribution is -2.35. The van der Waals surface area contributed by atoms with Crippen molar-refractivity contribution >= 4 is 40.1 Å². The Morgan fingerprint density at radius 2 is 1.82 bits per heavy atom. The van der Waals surface area contributed by atoms with Gasteiger partial charge in [-0.05, 0) is 44.2 Å². The highest BCUT2D eigenvalue weighted by Gasteiger charge is 2.21. The van der Waals surface area contributed by atoms with Gasteiger partial charge in [0, 0.05) is 23.7 Å². The molecule has 0 N–H and O–H groups in total. The fraction of sp³-hybridized carbons (Fsp3) is 0.238. The van der Waals surface area contributed by atoms with Crippen LogP contribution < -0.4 is 10.2 Å². The summed E-state index contributed by atoms with van der Waals surface area (Å²) in [7, 11) is 0. The zero-order valence-electron chi connectivity index (χ0n) is 15.5. The molecular formula is C21H19Cl2NO4. The highest BCUT2D eigenvalue weighted by atomic mass is 35.5. The average Bonchev–Trinajstić information content (AvgIpc) is 2.69. The van der Waals surface area contributed by atoms with Crippen LogP contribution in [-0.2, 0) is 4.79 Å². The van der Waals surface area contributed by atoms with E-state index in [1.54, 1.807) is 41.3 Å². The second kappa shape index (κ2) is 8.67. The van der Waals surface area contributed by atoms with E-state index in [0.29, 0.717) is 34.3 Å². The molecule has 5 nitrogen and oxygen atoms in total. The Hall–Kier alpha value is -2.50. The number of fused-ring (bicyclic) bond motifs is 1. The molecule has 3 rings (SSSR count). The van der Waals surface area contributed by atoms with Gasteiger partial charge < -0.3 is 14.1 Å². The van der Waals surface area contributed by atoms with E-state index in [1.165, 1.54) is 6.07 Å². The van der Waals surface area contributed by atoms with Gasteiger partial charge in [-0.15, -0.1) is 0 Å². The van der Waals surface area contributed by atoms with Crippen molar-refractivity contribution in [3.63, 3.8) is 0 Å². The SMILES string of the molecule is CCN(CC)C(=O)COc1c(-c2ccccc2Cl)oc2ccc(Cl)cc2c1=O. The zero-order valence-corrected chi connectivity index (χ0v) is 17.0. The molecule has 2 aromatic carbocycles. The summed E-state index contributed by atoms with van der Waals surface area (Å²) in [6, 6.07) is 11.7. The van der Waals surface area contributed by atoms with Gasteiger partial charge in [0.15, 0.2) is 12.4 Å². The molecule has 3 aromatic rings. The van der Waals surface area contributed by atoms with Crippen LogP contribution in [0.1, 0.15) is 13.8 Å². The van der Waals surface area contributed by atoms with E-state index in [2.05, 4.69) is 0 Å². The van der Waals surface area contributed by atoms with E-state index >= 15 is 0 Å². The molecule has 1 heterocycles. The maximum absolute atomic E-state index is 13.1. The maximum Gasteiger partial charge on any atom is 0.260 e. The predicted octanol–water partition coefficient (Wildman–Crippen LogP) is 5.01. The van der Waals surface area contributed by atoms with Crippen LogP contribution in [0.5, 0.6) is 5.75 Å². The molecule has 7 heteroatoms. The minimum Gasteiger partial charge on any atom is -0.476 e. The normalized spacial score (nSPS) is 10.9. The van der Waals surface area contributed by atoms with Crippen molar-refractivity contribution in [3.05, 3.63) is 62.7 Å². The first kappa shape index (κ1) is 20.2. The van der Waals surface area contributed by atoms with Gasteiger partial charge in [0.1, 0.15) is 5.58 Å². The van der Waals surface area contributed by atoms with Gasteiger partial charge in [-0.3, -0.25) is 9.59 Å². The second-order valence-electron chi connectivity index (χ2n) is 6.06. The predicted molar refractivity (Wildman–Crippen MR) is 111 cm³/mol. The summed E-state index contributed by atoms with van der Waals surface area (Å²) in [6.07, 6.45) is 0. The van der Waals surface area contributed by atoms with E-state index in [1.807, 2.05) is 13.8 Å². The monoisotopic (exact) mass is 419 g/mol. The van der Waals surface area contributed by atoms with Crippen molar-refractivity contribution < 1.29 is 13.9 Å². The molecule has 0 bridgehead atoms. The quantitative estimate of drug-likeness (QED) is 0.562. The van der Waals surface area contributed by atoms with Crippen LogP contribution in [0, 0.1) is 0 Å². The van der Waals surface area contributed by atoms with Crippen molar-refractivity contribution in [2.45, 2.75) is 13.8 Å². The van der Waals surface area contributed by atoms with Crippen LogP contribution in [0.25, 0.3) is 22.3 Å². The molecule has 1 aromatic heterocycles. The Balaban J connectivity index is 2.14. The number of benzene rings is 2. The highest BCUT2D eigenvalue weighted by Crippen LogP contribution is 2.35. The molecule has 0 fully saturated rings.